The molecule has 2 saturated heterocycles. The van der Waals surface area contributed by atoms with Gasteiger partial charge in [0.15, 0.2) is 12.6 Å². The maximum atomic E-state index is 13.3. The third kappa shape index (κ3) is 20.2. The summed E-state index contributed by atoms with van der Waals surface area (Å²) in [6.45, 7) is 3.99. The van der Waals surface area contributed by atoms with Gasteiger partial charge in [-0.25, -0.2) is 15.2 Å². The number of hydrogen-bond donors (Lipinski definition) is 14. The summed E-state index contributed by atoms with van der Waals surface area (Å²) in [6.07, 6.45) is -8.24. The minimum Gasteiger partial charge on any atom is -0.388 e. The number of carbonyl (C=O) groups is 7. The molecule has 73 heavy (non-hydrogen) atoms. The normalized spacial score (nSPS) is 24.6. The van der Waals surface area contributed by atoms with Crippen molar-refractivity contribution in [2.24, 2.45) is 5.84 Å². The van der Waals surface area contributed by atoms with Crippen molar-refractivity contribution in [3.8, 4) is 0 Å². The highest BCUT2D eigenvalue weighted by atomic mass is 16.7. The lowest BCUT2D eigenvalue weighted by molar-refractivity contribution is -0.293. The molecule has 0 aliphatic carbocycles. The quantitative estimate of drug-likeness (QED) is 0.0150. The number of nitrogens with two attached hydrogens (primary N) is 1. The van der Waals surface area contributed by atoms with Crippen LogP contribution in [0.2, 0.25) is 0 Å². The fourth-order valence-corrected chi connectivity index (χ4v) is 7.30. The molecule has 4 heterocycles. The molecule has 2 aromatic heterocycles. The topological polar surface area (TPSA) is 449 Å². The van der Waals surface area contributed by atoms with Gasteiger partial charge in [0.1, 0.15) is 60.1 Å². The molecule has 15 N–H and O–H groups in total. The molecule has 2 fully saturated rings. The summed E-state index contributed by atoms with van der Waals surface area (Å²) in [5, 5.41) is 91.2. The smallest absolute Gasteiger partial charge is 0.243 e. The van der Waals surface area contributed by atoms with Gasteiger partial charge in [-0.1, -0.05) is 16.8 Å². The number of amides is 7. The molecule has 4 rings (SSSR count). The molecule has 0 saturated carbocycles. The van der Waals surface area contributed by atoms with Gasteiger partial charge in [-0.05, 0) is 39.5 Å². The van der Waals surface area contributed by atoms with Crippen LogP contribution in [-0.2, 0) is 78.7 Å². The van der Waals surface area contributed by atoms with Crippen LogP contribution in [0.25, 0.3) is 0 Å². The molecule has 31 nitrogen and oxygen atoms in total. The summed E-state index contributed by atoms with van der Waals surface area (Å²) in [7, 11) is 0. The van der Waals surface area contributed by atoms with Crippen LogP contribution in [0.1, 0.15) is 83.5 Å². The maximum Gasteiger partial charge on any atom is 0.243 e. The van der Waals surface area contributed by atoms with Crippen molar-refractivity contribution >= 4 is 41.4 Å². The number of carbonyl (C=O) groups excluding carboxylic acids is 7. The summed E-state index contributed by atoms with van der Waals surface area (Å²) < 4.78 is 24.6. The lowest BCUT2D eigenvalue weighted by atomic mass is 10.0. The molecule has 12 atom stereocenters. The van der Waals surface area contributed by atoms with Crippen LogP contribution in [0.5, 0.6) is 0 Å². The molecular formula is C42H70N14O17. The summed E-state index contributed by atoms with van der Waals surface area (Å²) >= 11 is 0. The van der Waals surface area contributed by atoms with Crippen molar-refractivity contribution in [3.63, 3.8) is 0 Å². The number of rotatable bonds is 30. The van der Waals surface area contributed by atoms with Gasteiger partial charge >= 0.3 is 0 Å². The first kappa shape index (κ1) is 59.7. The molecular weight excluding hydrogens is 973 g/mol. The monoisotopic (exact) mass is 1040 g/mol. The summed E-state index contributed by atoms with van der Waals surface area (Å²) in [4.78, 5) is 88.7. The van der Waals surface area contributed by atoms with E-state index in [1.54, 1.807) is 0 Å². The average molecular weight is 1040 g/mol. The van der Waals surface area contributed by atoms with Crippen molar-refractivity contribution in [1.82, 2.24) is 67.3 Å². The standard InChI is InChI=1S/C42H70N14O17/c1-22-33(62)35(64)37(66)41(72-22)70-15-13-55-20-25(51-53-55)17-45-29(58)10-8-27(48-24(3)57)40(69)47-19-32(61)49-28(39(68)44-12-6-4-5-7-31(60)50-43)9-11-30(59)46-18-26-21-56(54-52-26)14-16-71-42-38(67)36(65)34(63)23(2)73-42/h20-23,27-28,33-38,41-42,62-67H,4-19,43H2,1-3H3,(H,44,68)(H,45,58)(H,46,59)(H,47,69)(H,48,57)(H,49,61)(H,50,60)/t22-,23-,27?,28?,33+,34+,35+,36+,37-,38-,41+,42+/m0/s1. The summed E-state index contributed by atoms with van der Waals surface area (Å²) in [5.41, 5.74) is 2.77. The predicted octanol–water partition coefficient (Wildman–Crippen LogP) is -7.18. The van der Waals surface area contributed by atoms with Crippen molar-refractivity contribution in [2.45, 2.75) is 172 Å². The second-order valence-corrected chi connectivity index (χ2v) is 17.4. The predicted molar refractivity (Wildman–Crippen MR) is 245 cm³/mol. The van der Waals surface area contributed by atoms with Crippen molar-refractivity contribution in [1.29, 1.82) is 0 Å². The Balaban J connectivity index is 1.21. The van der Waals surface area contributed by atoms with E-state index >= 15 is 0 Å². The fraction of sp³-hybridized carbons (Fsp3) is 0.738. The zero-order valence-electron chi connectivity index (χ0n) is 40.8. The van der Waals surface area contributed by atoms with Gasteiger partial charge in [-0.2, -0.15) is 0 Å². The molecule has 0 aromatic carbocycles. The molecule has 2 aliphatic heterocycles. The van der Waals surface area contributed by atoms with E-state index in [-0.39, 0.29) is 83.9 Å². The van der Waals surface area contributed by atoms with Crippen molar-refractivity contribution < 1.29 is 83.1 Å². The first-order chi connectivity index (χ1) is 34.8. The number of aliphatic hydroxyl groups excluding tert-OH is 6. The van der Waals surface area contributed by atoms with E-state index in [2.05, 4.69) is 52.5 Å². The van der Waals surface area contributed by atoms with Crippen LogP contribution in [0, 0.1) is 0 Å². The van der Waals surface area contributed by atoms with Crippen LogP contribution in [0.4, 0.5) is 0 Å². The van der Waals surface area contributed by atoms with Crippen molar-refractivity contribution in [3.05, 3.63) is 23.8 Å². The molecule has 2 aromatic rings. The van der Waals surface area contributed by atoms with Gasteiger partial charge in [-0.15, -0.1) is 10.2 Å². The molecule has 0 spiro atoms. The number of hydrazine groups is 1. The fourth-order valence-electron chi connectivity index (χ4n) is 7.30. The van der Waals surface area contributed by atoms with Gasteiger partial charge in [-0.3, -0.25) is 39.0 Å². The highest BCUT2D eigenvalue weighted by Crippen LogP contribution is 2.23. The number of hydrogen-bond acceptors (Lipinski definition) is 22. The third-order valence-corrected chi connectivity index (χ3v) is 11.6. The van der Waals surface area contributed by atoms with Gasteiger partial charge in [0, 0.05) is 32.7 Å². The third-order valence-electron chi connectivity index (χ3n) is 11.6. The van der Waals surface area contributed by atoms with E-state index in [0.717, 1.165) is 0 Å². The van der Waals surface area contributed by atoms with Crippen LogP contribution < -0.4 is 43.2 Å². The largest absolute Gasteiger partial charge is 0.388 e. The Morgan fingerprint density at radius 2 is 1.10 bits per heavy atom. The summed E-state index contributed by atoms with van der Waals surface area (Å²) in [5.74, 6) is 0.959. The number of aliphatic hydroxyl groups is 6. The van der Waals surface area contributed by atoms with Gasteiger partial charge in [0.2, 0.25) is 41.4 Å². The second kappa shape index (κ2) is 30.4. The van der Waals surface area contributed by atoms with Gasteiger partial charge < -0.3 is 81.5 Å². The molecule has 31 heteroatoms. The van der Waals surface area contributed by atoms with E-state index in [9.17, 15) is 64.2 Å². The highest BCUT2D eigenvalue weighted by Gasteiger charge is 2.43. The first-order valence-electron chi connectivity index (χ1n) is 23.8. The Kier molecular flexibility index (Phi) is 24.8. The minimum absolute atomic E-state index is 0.000855. The summed E-state index contributed by atoms with van der Waals surface area (Å²) in [6, 6.07) is -2.47. The average Bonchev–Trinajstić information content (AvgIpc) is 4.03. The highest BCUT2D eigenvalue weighted by molar-refractivity contribution is 5.92. The maximum absolute atomic E-state index is 13.3. The number of aromatic nitrogens is 6. The Morgan fingerprint density at radius 1 is 0.616 bits per heavy atom. The Labute approximate surface area is 418 Å². The number of nitrogens with one attached hydrogen (secondary N) is 7. The number of nitrogens with zero attached hydrogens (tertiary/aromatic N) is 6. The molecule has 2 aliphatic rings. The number of unbranched alkanes of at least 4 members (excludes halogenated alkanes) is 2. The lowest BCUT2D eigenvalue weighted by Crippen LogP contribution is -2.57. The van der Waals surface area contributed by atoms with Crippen LogP contribution in [-0.4, -0.2) is 202 Å². The van der Waals surface area contributed by atoms with Crippen LogP contribution >= 0.6 is 0 Å². The van der Waals surface area contributed by atoms with E-state index in [1.165, 1.54) is 42.5 Å². The van der Waals surface area contributed by atoms with Crippen LogP contribution in [0.15, 0.2) is 12.4 Å². The van der Waals surface area contributed by atoms with Crippen LogP contribution in [0.3, 0.4) is 0 Å². The zero-order valence-corrected chi connectivity index (χ0v) is 40.8. The molecule has 7 amide bonds. The first-order valence-corrected chi connectivity index (χ1v) is 23.8. The zero-order chi connectivity index (χ0) is 53.6. The van der Waals surface area contributed by atoms with Crippen molar-refractivity contribution in [2.75, 3.05) is 26.3 Å². The molecule has 0 bridgehead atoms. The minimum atomic E-state index is -1.47. The molecule has 410 valence electrons. The number of ether oxygens (including phenoxy) is 4. The molecule has 0 radical (unpaired) electrons. The van der Waals surface area contributed by atoms with E-state index in [0.29, 0.717) is 30.7 Å². The molecule has 2 unspecified atom stereocenters. The van der Waals surface area contributed by atoms with E-state index in [4.69, 9.17) is 24.8 Å². The SMILES string of the molecule is CC(=O)NC(CCC(=O)NCc1cn(CCO[C@@H]2O[C@@H](C)[C@@H](O)[C@@H](O)[C@@H]2O)nn1)C(=O)NCC(=O)NC(CCC(=O)NCc1cn(CCO[C@@H]2O[C@@H](C)[C@@H](O)[C@@H](O)[C@@H]2O)nn1)C(=O)NCCCCCC(=O)NN. The lowest BCUT2D eigenvalue weighted by Gasteiger charge is -2.38. The van der Waals surface area contributed by atoms with Gasteiger partial charge in [0.25, 0.3) is 0 Å². The Hall–Kier alpha value is -5.87. The van der Waals surface area contributed by atoms with Gasteiger partial charge in [0.05, 0.1) is 70.5 Å². The second-order valence-electron chi connectivity index (χ2n) is 17.4. The Bertz CT molecular complexity index is 2100. The van der Waals surface area contributed by atoms with E-state index in [1.807, 2.05) is 5.43 Å². The Morgan fingerprint density at radius 3 is 1.58 bits per heavy atom. The van der Waals surface area contributed by atoms with E-state index < -0.39 is 115 Å².